The van der Waals surface area contributed by atoms with Crippen LogP contribution in [0.25, 0.3) is 0 Å². The monoisotopic (exact) mass is 438 g/mol. The number of sulfonamides is 1. The van der Waals surface area contributed by atoms with Gasteiger partial charge in [-0.3, -0.25) is 4.79 Å². The van der Waals surface area contributed by atoms with Crippen molar-refractivity contribution in [3.63, 3.8) is 0 Å². The van der Waals surface area contributed by atoms with Crippen molar-refractivity contribution in [2.24, 2.45) is 0 Å². The largest absolute Gasteiger partial charge is 0.345 e. The third-order valence-corrected chi connectivity index (χ3v) is 6.16. The van der Waals surface area contributed by atoms with Crippen LogP contribution in [0.15, 0.2) is 51.8 Å². The maximum atomic E-state index is 12.8. The molecule has 0 aliphatic carbocycles. The molecule has 0 heterocycles. The molecule has 1 atom stereocenters. The summed E-state index contributed by atoms with van der Waals surface area (Å²) < 4.78 is 27.8. The summed E-state index contributed by atoms with van der Waals surface area (Å²) in [4.78, 5) is 12.9. The third-order valence-electron chi connectivity index (χ3n) is 4.08. The molecule has 2 aromatic rings. The van der Waals surface area contributed by atoms with E-state index in [0.29, 0.717) is 12.1 Å². The number of amides is 1. The van der Waals surface area contributed by atoms with Gasteiger partial charge in [-0.2, -0.15) is 0 Å². The fourth-order valence-electron chi connectivity index (χ4n) is 2.64. The van der Waals surface area contributed by atoms with Gasteiger partial charge >= 0.3 is 0 Å². The summed E-state index contributed by atoms with van der Waals surface area (Å²) in [7, 11) is -3.61. The molecule has 5 nitrogen and oxygen atoms in total. The summed E-state index contributed by atoms with van der Waals surface area (Å²) >= 11 is 3.40. The molecule has 0 bridgehead atoms. The molecule has 2 aromatic carbocycles. The standard InChI is InChI=1S/C19H23BrN2O3S/c1-4-18(14-7-9-15(20)10-8-14)22-19(23)17-12-16(11-6-13(17)3)26(24,25)21-5-2/h6-12,18,21H,4-5H2,1-3H3,(H,22,23). The number of halogens is 1. The maximum Gasteiger partial charge on any atom is 0.252 e. The molecule has 140 valence electrons. The summed E-state index contributed by atoms with van der Waals surface area (Å²) in [5, 5.41) is 3.00. The van der Waals surface area contributed by atoms with Crippen molar-refractivity contribution in [2.75, 3.05) is 6.54 Å². The second-order valence-corrected chi connectivity index (χ2v) is 8.65. The topological polar surface area (TPSA) is 75.3 Å². The number of aryl methyl sites for hydroxylation is 1. The van der Waals surface area contributed by atoms with Crippen LogP contribution in [0.5, 0.6) is 0 Å². The molecule has 7 heteroatoms. The molecule has 0 saturated heterocycles. The van der Waals surface area contributed by atoms with Crippen molar-refractivity contribution in [1.29, 1.82) is 0 Å². The second kappa shape index (κ2) is 8.79. The van der Waals surface area contributed by atoms with Gasteiger partial charge in [-0.15, -0.1) is 0 Å². The van der Waals surface area contributed by atoms with Gasteiger partial charge in [0.1, 0.15) is 0 Å². The van der Waals surface area contributed by atoms with Gasteiger partial charge in [0.2, 0.25) is 10.0 Å². The van der Waals surface area contributed by atoms with Crippen molar-refractivity contribution in [1.82, 2.24) is 10.0 Å². The summed E-state index contributed by atoms with van der Waals surface area (Å²) in [5.74, 6) is -0.286. The van der Waals surface area contributed by atoms with Crippen LogP contribution in [-0.2, 0) is 10.0 Å². The van der Waals surface area contributed by atoms with E-state index in [2.05, 4.69) is 26.0 Å². The molecule has 2 N–H and O–H groups in total. The Kier molecular flexibility index (Phi) is 6.97. The summed E-state index contributed by atoms with van der Waals surface area (Å²) in [6, 6.07) is 12.2. The molecular formula is C19H23BrN2O3S. The predicted molar refractivity (Wildman–Crippen MR) is 107 cm³/mol. The first-order valence-electron chi connectivity index (χ1n) is 8.45. The highest BCUT2D eigenvalue weighted by molar-refractivity contribution is 9.10. The predicted octanol–water partition coefficient (Wildman–Crippen LogP) is 3.94. The number of nitrogens with one attached hydrogen (secondary N) is 2. The van der Waals surface area contributed by atoms with E-state index in [1.54, 1.807) is 19.9 Å². The summed E-state index contributed by atoms with van der Waals surface area (Å²) in [6.45, 7) is 5.79. The van der Waals surface area contributed by atoms with E-state index in [-0.39, 0.29) is 16.8 Å². The van der Waals surface area contributed by atoms with Crippen molar-refractivity contribution in [3.8, 4) is 0 Å². The molecule has 0 saturated carbocycles. The van der Waals surface area contributed by atoms with Gasteiger partial charge in [0.05, 0.1) is 10.9 Å². The SMILES string of the molecule is CCNS(=O)(=O)c1ccc(C)c(C(=O)NC(CC)c2ccc(Br)cc2)c1. The second-order valence-electron chi connectivity index (χ2n) is 5.96. The Hall–Kier alpha value is -1.70. The van der Waals surface area contributed by atoms with Crippen LogP contribution >= 0.6 is 15.9 Å². The van der Waals surface area contributed by atoms with Crippen LogP contribution in [0.4, 0.5) is 0 Å². The van der Waals surface area contributed by atoms with Crippen LogP contribution in [0.1, 0.15) is 47.8 Å². The number of carbonyl (C=O) groups excluding carboxylic acids is 1. The molecule has 1 amide bonds. The lowest BCUT2D eigenvalue weighted by Crippen LogP contribution is -2.29. The fourth-order valence-corrected chi connectivity index (χ4v) is 3.97. The Labute approximate surface area is 163 Å². The highest BCUT2D eigenvalue weighted by Gasteiger charge is 2.19. The van der Waals surface area contributed by atoms with E-state index in [1.165, 1.54) is 12.1 Å². The van der Waals surface area contributed by atoms with E-state index in [9.17, 15) is 13.2 Å². The van der Waals surface area contributed by atoms with Crippen LogP contribution < -0.4 is 10.0 Å². The average molecular weight is 439 g/mol. The highest BCUT2D eigenvalue weighted by atomic mass is 79.9. The lowest BCUT2D eigenvalue weighted by Gasteiger charge is -2.19. The normalized spacial score (nSPS) is 12.6. The minimum absolute atomic E-state index is 0.0896. The molecule has 0 aromatic heterocycles. The fraction of sp³-hybridized carbons (Fsp3) is 0.316. The molecule has 1 unspecified atom stereocenters. The summed E-state index contributed by atoms with van der Waals surface area (Å²) in [6.07, 6.45) is 0.724. The van der Waals surface area contributed by atoms with E-state index in [1.807, 2.05) is 31.2 Å². The number of rotatable bonds is 7. The van der Waals surface area contributed by atoms with Gasteiger partial charge in [-0.05, 0) is 48.7 Å². The zero-order valence-electron chi connectivity index (χ0n) is 15.0. The van der Waals surface area contributed by atoms with Crippen LogP contribution in [0, 0.1) is 6.92 Å². The van der Waals surface area contributed by atoms with Crippen molar-refractivity contribution in [2.45, 2.75) is 38.1 Å². The minimum Gasteiger partial charge on any atom is -0.345 e. The van der Waals surface area contributed by atoms with Crippen LogP contribution in [0.3, 0.4) is 0 Å². The zero-order chi connectivity index (χ0) is 19.3. The number of carbonyl (C=O) groups is 1. The molecule has 0 radical (unpaired) electrons. The van der Waals surface area contributed by atoms with Crippen molar-refractivity contribution in [3.05, 3.63) is 63.6 Å². The zero-order valence-corrected chi connectivity index (χ0v) is 17.4. The summed E-state index contributed by atoms with van der Waals surface area (Å²) in [5.41, 5.74) is 2.08. The average Bonchev–Trinajstić information content (AvgIpc) is 2.60. The van der Waals surface area contributed by atoms with Gasteiger partial charge in [0.15, 0.2) is 0 Å². The van der Waals surface area contributed by atoms with Crippen LogP contribution in [0.2, 0.25) is 0 Å². The minimum atomic E-state index is -3.61. The Balaban J connectivity index is 2.29. The smallest absolute Gasteiger partial charge is 0.252 e. The van der Waals surface area contributed by atoms with Gasteiger partial charge < -0.3 is 5.32 Å². The first kappa shape index (κ1) is 20.6. The van der Waals surface area contributed by atoms with Gasteiger partial charge in [0.25, 0.3) is 5.91 Å². The molecule has 0 fully saturated rings. The molecule has 26 heavy (non-hydrogen) atoms. The van der Waals surface area contributed by atoms with Gasteiger partial charge in [0, 0.05) is 16.6 Å². The Bertz CT molecular complexity index is 880. The quantitative estimate of drug-likeness (QED) is 0.687. The van der Waals surface area contributed by atoms with E-state index in [4.69, 9.17) is 0 Å². The van der Waals surface area contributed by atoms with E-state index < -0.39 is 10.0 Å². The Morgan fingerprint density at radius 1 is 1.12 bits per heavy atom. The lowest BCUT2D eigenvalue weighted by atomic mass is 10.0. The first-order valence-corrected chi connectivity index (χ1v) is 10.7. The van der Waals surface area contributed by atoms with Gasteiger partial charge in [-0.25, -0.2) is 13.1 Å². The number of hydrogen-bond donors (Lipinski definition) is 2. The van der Waals surface area contributed by atoms with Crippen molar-refractivity contribution >= 4 is 31.9 Å². The maximum absolute atomic E-state index is 12.8. The number of benzene rings is 2. The molecule has 0 spiro atoms. The molecule has 0 aliphatic heterocycles. The molecule has 0 aliphatic rings. The Morgan fingerprint density at radius 3 is 2.35 bits per heavy atom. The molecule has 2 rings (SSSR count). The van der Waals surface area contributed by atoms with Crippen molar-refractivity contribution < 1.29 is 13.2 Å². The van der Waals surface area contributed by atoms with E-state index >= 15 is 0 Å². The van der Waals surface area contributed by atoms with Crippen LogP contribution in [-0.4, -0.2) is 20.9 Å². The Morgan fingerprint density at radius 2 is 1.77 bits per heavy atom. The highest BCUT2D eigenvalue weighted by Crippen LogP contribution is 2.21. The van der Waals surface area contributed by atoms with Gasteiger partial charge in [-0.1, -0.05) is 48.0 Å². The number of hydrogen-bond acceptors (Lipinski definition) is 3. The van der Waals surface area contributed by atoms with E-state index in [0.717, 1.165) is 22.0 Å². The third kappa shape index (κ3) is 4.93. The first-order chi connectivity index (χ1) is 12.3. The lowest BCUT2D eigenvalue weighted by molar-refractivity contribution is 0.0934. The molecular weight excluding hydrogens is 416 g/mol.